The van der Waals surface area contributed by atoms with Gasteiger partial charge in [-0.15, -0.1) is 0 Å². The van der Waals surface area contributed by atoms with Crippen molar-refractivity contribution >= 4 is 5.91 Å². The number of carbonyl (C=O) groups excluding carboxylic acids is 1. The molecular formula is C22H45N7O9. The van der Waals surface area contributed by atoms with Crippen LogP contribution in [0, 0.1) is 0 Å². The first-order valence-electron chi connectivity index (χ1n) is 13.0. The first-order valence-corrected chi connectivity index (χ1v) is 13.0. The summed E-state index contributed by atoms with van der Waals surface area (Å²) in [7, 11) is 0. The molecule has 1 amide bonds. The Bertz CT molecular complexity index is 756. The number of nitrogens with one attached hydrogen (secondary N) is 1. The smallest absolute Gasteiger partial charge is 0.249 e. The predicted octanol–water partition coefficient (Wildman–Crippen LogP) is -6.43. The third-order valence-corrected chi connectivity index (χ3v) is 7.45. The van der Waals surface area contributed by atoms with E-state index in [4.69, 9.17) is 53.3 Å². The van der Waals surface area contributed by atoms with E-state index < -0.39 is 91.9 Å². The van der Waals surface area contributed by atoms with Gasteiger partial charge in [0, 0.05) is 12.6 Å². The fraction of sp³-hybridized carbons (Fsp3) is 0.955. The van der Waals surface area contributed by atoms with Gasteiger partial charge in [0.05, 0.1) is 49.1 Å². The number of carbonyl (C=O) groups is 1. The molecule has 16 nitrogen and oxygen atoms in total. The molecule has 3 rings (SSSR count). The number of nitrogens with two attached hydrogens (primary N) is 6. The average molecular weight is 552 g/mol. The molecule has 222 valence electrons. The Morgan fingerprint density at radius 3 is 2.26 bits per heavy atom. The molecule has 16 heteroatoms. The molecule has 2 aliphatic heterocycles. The van der Waals surface area contributed by atoms with Crippen molar-refractivity contribution in [2.75, 3.05) is 19.7 Å². The van der Waals surface area contributed by atoms with Gasteiger partial charge in [-0.2, -0.15) is 0 Å². The minimum atomic E-state index is -1.49. The van der Waals surface area contributed by atoms with Crippen molar-refractivity contribution in [3.8, 4) is 0 Å². The van der Waals surface area contributed by atoms with Gasteiger partial charge in [-0.3, -0.25) is 4.79 Å². The van der Waals surface area contributed by atoms with E-state index in [1.54, 1.807) is 0 Å². The van der Waals surface area contributed by atoms with Crippen LogP contribution in [0.25, 0.3) is 0 Å². The highest BCUT2D eigenvalue weighted by molar-refractivity contribution is 5.80. The highest BCUT2D eigenvalue weighted by Gasteiger charge is 2.50. The van der Waals surface area contributed by atoms with Gasteiger partial charge < -0.3 is 79.1 Å². The number of aliphatic hydroxyl groups is 4. The summed E-state index contributed by atoms with van der Waals surface area (Å²) in [5.41, 5.74) is 36.3. The van der Waals surface area contributed by atoms with Crippen LogP contribution < -0.4 is 39.7 Å². The highest BCUT2D eigenvalue weighted by Crippen LogP contribution is 2.30. The van der Waals surface area contributed by atoms with Crippen LogP contribution in [0.4, 0.5) is 0 Å². The molecule has 0 aromatic rings. The van der Waals surface area contributed by atoms with E-state index >= 15 is 0 Å². The second-order valence-corrected chi connectivity index (χ2v) is 10.3. The molecule has 1 saturated carbocycles. The van der Waals surface area contributed by atoms with Gasteiger partial charge in [-0.1, -0.05) is 0 Å². The zero-order valence-electron chi connectivity index (χ0n) is 21.3. The third-order valence-electron chi connectivity index (χ3n) is 7.45. The minimum Gasteiger partial charge on any atom is -0.394 e. The number of ether oxygens (including phenoxy) is 4. The van der Waals surface area contributed by atoms with Crippen LogP contribution in [0.3, 0.4) is 0 Å². The standard InChI is InChI=1S/C22H45N7O9/c23-4-3-12(31)20(34)29-11-5-10(26)18(37-21-9(25)2-1-8(6-24)35-21)15(28)19(11)38-22-17(33)14(27)16(32)13(7-30)36-22/h8-19,21-22,30-33H,1-7,23-28H2,(H,29,34)/t8?,9?,10-,11+,12-,13?,14-,15?,16-,17?,18?,19+,21-,22-/m0/s1. The van der Waals surface area contributed by atoms with E-state index in [0.29, 0.717) is 12.8 Å². The second kappa shape index (κ2) is 14.0. The second-order valence-electron chi connectivity index (χ2n) is 10.3. The largest absolute Gasteiger partial charge is 0.394 e. The minimum absolute atomic E-state index is 0.0303. The lowest BCUT2D eigenvalue weighted by atomic mass is 9.82. The van der Waals surface area contributed by atoms with Crippen LogP contribution in [-0.4, -0.2) is 132 Å². The maximum absolute atomic E-state index is 12.6. The highest BCUT2D eigenvalue weighted by atomic mass is 16.7. The molecule has 3 aliphatic rings. The maximum Gasteiger partial charge on any atom is 0.249 e. The zero-order chi connectivity index (χ0) is 28.1. The molecule has 2 saturated heterocycles. The van der Waals surface area contributed by atoms with E-state index in [9.17, 15) is 25.2 Å². The number of hydrogen-bond acceptors (Lipinski definition) is 15. The quantitative estimate of drug-likeness (QED) is 0.120. The molecule has 17 N–H and O–H groups in total. The van der Waals surface area contributed by atoms with Gasteiger partial charge >= 0.3 is 0 Å². The fourth-order valence-electron chi connectivity index (χ4n) is 5.11. The van der Waals surface area contributed by atoms with Crippen molar-refractivity contribution in [3.63, 3.8) is 0 Å². The Morgan fingerprint density at radius 2 is 1.63 bits per heavy atom. The summed E-state index contributed by atoms with van der Waals surface area (Å²) in [6, 6.07) is -4.20. The lowest BCUT2D eigenvalue weighted by Crippen LogP contribution is -2.71. The van der Waals surface area contributed by atoms with Crippen LogP contribution >= 0.6 is 0 Å². The van der Waals surface area contributed by atoms with E-state index in [-0.39, 0.29) is 32.0 Å². The Hall–Kier alpha value is -1.09. The first kappa shape index (κ1) is 31.4. The Morgan fingerprint density at radius 1 is 0.947 bits per heavy atom. The van der Waals surface area contributed by atoms with Gasteiger partial charge in [0.2, 0.25) is 5.91 Å². The molecule has 0 aromatic heterocycles. The monoisotopic (exact) mass is 551 g/mol. The van der Waals surface area contributed by atoms with Gasteiger partial charge in [0.25, 0.3) is 0 Å². The molecular weight excluding hydrogens is 506 g/mol. The summed E-state index contributed by atoms with van der Waals surface area (Å²) in [5.74, 6) is -0.707. The average Bonchev–Trinajstić information content (AvgIpc) is 2.89. The number of hydrogen-bond donors (Lipinski definition) is 11. The lowest BCUT2D eigenvalue weighted by Gasteiger charge is -2.49. The van der Waals surface area contributed by atoms with Crippen LogP contribution in [0.5, 0.6) is 0 Å². The normalized spacial score (nSPS) is 44.9. The Balaban J connectivity index is 1.82. The topological polar surface area (TPSA) is 303 Å². The number of amides is 1. The molecule has 0 aromatic carbocycles. The van der Waals surface area contributed by atoms with Crippen molar-refractivity contribution in [3.05, 3.63) is 0 Å². The van der Waals surface area contributed by atoms with Crippen molar-refractivity contribution in [2.24, 2.45) is 34.4 Å². The third kappa shape index (κ3) is 7.15. The van der Waals surface area contributed by atoms with Crippen molar-refractivity contribution in [1.29, 1.82) is 0 Å². The zero-order valence-corrected chi connectivity index (χ0v) is 21.3. The van der Waals surface area contributed by atoms with Crippen LogP contribution in [0.15, 0.2) is 0 Å². The number of rotatable bonds is 10. The molecule has 38 heavy (non-hydrogen) atoms. The maximum atomic E-state index is 12.6. The SMILES string of the molecule is NCC[C@H](O)C(=O)N[C@@H]1C[C@H](N)C(O[C@@H]2OC(CN)CCC2N)C(N)[C@@H]1O[C@@H]1OC(CO)[C@H](O)[C@H](N)C1O. The van der Waals surface area contributed by atoms with E-state index in [0.717, 1.165) is 0 Å². The molecule has 3 fully saturated rings. The molecule has 0 bridgehead atoms. The van der Waals surface area contributed by atoms with Gasteiger partial charge in [-0.25, -0.2) is 0 Å². The van der Waals surface area contributed by atoms with Crippen molar-refractivity contribution in [2.45, 2.75) is 111 Å². The van der Waals surface area contributed by atoms with Crippen LogP contribution in [0.2, 0.25) is 0 Å². The summed E-state index contributed by atoms with van der Waals surface area (Å²) >= 11 is 0. The molecule has 0 spiro atoms. The molecule has 6 unspecified atom stereocenters. The van der Waals surface area contributed by atoms with Crippen LogP contribution in [0.1, 0.15) is 25.7 Å². The van der Waals surface area contributed by atoms with E-state index in [2.05, 4.69) is 5.32 Å². The summed E-state index contributed by atoms with van der Waals surface area (Å²) in [6.45, 7) is -0.209. The summed E-state index contributed by atoms with van der Waals surface area (Å²) < 4.78 is 23.6. The molecule has 14 atom stereocenters. The van der Waals surface area contributed by atoms with Crippen molar-refractivity contribution in [1.82, 2.24) is 5.32 Å². The van der Waals surface area contributed by atoms with Crippen LogP contribution in [-0.2, 0) is 23.7 Å². The Kier molecular flexibility index (Phi) is 11.6. The molecule has 1 aliphatic carbocycles. The summed E-state index contributed by atoms with van der Waals surface area (Å²) in [6.07, 6.45) is -8.33. The molecule has 2 heterocycles. The lowest BCUT2D eigenvalue weighted by molar-refractivity contribution is -0.301. The van der Waals surface area contributed by atoms with Gasteiger partial charge in [0.1, 0.15) is 24.4 Å². The first-order chi connectivity index (χ1) is 18.0. The van der Waals surface area contributed by atoms with Crippen molar-refractivity contribution < 1.29 is 44.2 Å². The predicted molar refractivity (Wildman–Crippen MR) is 133 cm³/mol. The fourth-order valence-corrected chi connectivity index (χ4v) is 5.11. The van der Waals surface area contributed by atoms with Gasteiger partial charge in [0.15, 0.2) is 12.6 Å². The van der Waals surface area contributed by atoms with E-state index in [1.807, 2.05) is 0 Å². The van der Waals surface area contributed by atoms with Gasteiger partial charge in [-0.05, 0) is 32.2 Å². The summed E-state index contributed by atoms with van der Waals surface area (Å²) in [4.78, 5) is 12.6. The molecule has 0 radical (unpaired) electrons. The summed E-state index contributed by atoms with van der Waals surface area (Å²) in [5, 5.41) is 43.2. The Labute approximate surface area is 221 Å². The number of aliphatic hydroxyl groups excluding tert-OH is 4. The van der Waals surface area contributed by atoms with E-state index in [1.165, 1.54) is 0 Å².